The first-order valence-corrected chi connectivity index (χ1v) is 6.61. The molecule has 5 heteroatoms. The van der Waals surface area contributed by atoms with Crippen molar-refractivity contribution >= 4 is 5.96 Å². The quantitative estimate of drug-likeness (QED) is 0.287. The zero-order chi connectivity index (χ0) is 12.7. The number of nitrogens with two attached hydrogens (primary N) is 1. The van der Waals surface area contributed by atoms with Crippen molar-refractivity contribution in [2.45, 2.75) is 51.6 Å². The summed E-state index contributed by atoms with van der Waals surface area (Å²) in [7, 11) is 2.11. The van der Waals surface area contributed by atoms with Crippen LogP contribution < -0.4 is 16.6 Å². The Bertz CT molecular complexity index is 233. The van der Waals surface area contributed by atoms with Gasteiger partial charge in [-0.25, -0.2) is 5.84 Å². The van der Waals surface area contributed by atoms with Gasteiger partial charge in [0.15, 0.2) is 0 Å². The molecule has 0 aliphatic heterocycles. The first-order valence-electron chi connectivity index (χ1n) is 6.61. The van der Waals surface area contributed by atoms with Crippen molar-refractivity contribution < 1.29 is 0 Å². The van der Waals surface area contributed by atoms with Gasteiger partial charge in [-0.1, -0.05) is 12.8 Å². The number of hydrazine groups is 1. The Morgan fingerprint density at radius 2 is 2.06 bits per heavy atom. The molecule has 0 spiro atoms. The average molecular weight is 241 g/mol. The summed E-state index contributed by atoms with van der Waals surface area (Å²) < 4.78 is 0. The van der Waals surface area contributed by atoms with Crippen LogP contribution in [0.15, 0.2) is 4.99 Å². The van der Waals surface area contributed by atoms with E-state index in [0.29, 0.717) is 12.1 Å². The van der Waals surface area contributed by atoms with Gasteiger partial charge in [0, 0.05) is 18.6 Å². The predicted octanol–water partition coefficient (Wildman–Crippen LogP) is 0.678. The molecule has 0 aromatic heterocycles. The first kappa shape index (κ1) is 14.3. The van der Waals surface area contributed by atoms with Gasteiger partial charge >= 0.3 is 0 Å². The maximum atomic E-state index is 5.47. The van der Waals surface area contributed by atoms with Crippen LogP contribution in [0.25, 0.3) is 0 Å². The molecule has 0 amide bonds. The van der Waals surface area contributed by atoms with Gasteiger partial charge in [0.25, 0.3) is 0 Å². The summed E-state index contributed by atoms with van der Waals surface area (Å²) >= 11 is 0. The number of hydrogen-bond acceptors (Lipinski definition) is 3. The van der Waals surface area contributed by atoms with Crippen LogP contribution >= 0.6 is 0 Å². The highest BCUT2D eigenvalue weighted by atomic mass is 15.3. The Labute approximate surface area is 105 Å². The average Bonchev–Trinajstić information content (AvgIpc) is 2.80. The Morgan fingerprint density at radius 3 is 2.59 bits per heavy atom. The van der Waals surface area contributed by atoms with Gasteiger partial charge < -0.3 is 10.2 Å². The molecule has 5 nitrogen and oxygen atoms in total. The second-order valence-electron chi connectivity index (χ2n) is 5.07. The predicted molar refractivity (Wildman–Crippen MR) is 72.8 cm³/mol. The molecule has 0 aromatic carbocycles. The molecule has 1 rings (SSSR count). The van der Waals surface area contributed by atoms with Crippen LogP contribution in [0.2, 0.25) is 0 Å². The lowest BCUT2D eigenvalue weighted by atomic mass is 10.2. The highest BCUT2D eigenvalue weighted by Crippen LogP contribution is 2.17. The zero-order valence-corrected chi connectivity index (χ0v) is 11.4. The van der Waals surface area contributed by atoms with Crippen molar-refractivity contribution in [3.8, 4) is 0 Å². The molecule has 0 bridgehead atoms. The van der Waals surface area contributed by atoms with Crippen LogP contribution in [-0.4, -0.2) is 43.1 Å². The van der Waals surface area contributed by atoms with Gasteiger partial charge in [0.2, 0.25) is 5.96 Å². The summed E-state index contributed by atoms with van der Waals surface area (Å²) in [5, 5.41) is 3.36. The van der Waals surface area contributed by atoms with Crippen LogP contribution in [0, 0.1) is 0 Å². The summed E-state index contributed by atoms with van der Waals surface area (Å²) in [6, 6.07) is 1.11. The van der Waals surface area contributed by atoms with Crippen LogP contribution in [0.5, 0.6) is 0 Å². The summed E-state index contributed by atoms with van der Waals surface area (Å²) in [6.07, 6.45) is 5.08. The fourth-order valence-electron chi connectivity index (χ4n) is 1.97. The number of nitrogens with one attached hydrogen (secondary N) is 2. The monoisotopic (exact) mass is 241 g/mol. The molecule has 0 unspecified atom stereocenters. The van der Waals surface area contributed by atoms with E-state index in [1.54, 1.807) is 0 Å². The molecule has 17 heavy (non-hydrogen) atoms. The summed E-state index contributed by atoms with van der Waals surface area (Å²) in [5.74, 6) is 6.20. The number of guanidine groups is 1. The molecule has 0 saturated heterocycles. The van der Waals surface area contributed by atoms with Crippen molar-refractivity contribution in [1.82, 2.24) is 15.6 Å². The molecule has 1 aliphatic rings. The third kappa shape index (κ3) is 5.37. The fourth-order valence-corrected chi connectivity index (χ4v) is 1.97. The first-order chi connectivity index (χ1) is 8.13. The van der Waals surface area contributed by atoms with Gasteiger partial charge in [-0.3, -0.25) is 10.4 Å². The van der Waals surface area contributed by atoms with Gasteiger partial charge in [0.1, 0.15) is 0 Å². The third-order valence-electron chi connectivity index (χ3n) is 3.44. The topological polar surface area (TPSA) is 65.7 Å². The number of likely N-dealkylation sites (N-methyl/N-ethyl adjacent to an activating group) is 1. The van der Waals surface area contributed by atoms with Crippen LogP contribution in [-0.2, 0) is 0 Å². The molecule has 0 atom stereocenters. The van der Waals surface area contributed by atoms with Crippen molar-refractivity contribution in [2.75, 3.05) is 20.1 Å². The second kappa shape index (κ2) is 7.50. The van der Waals surface area contributed by atoms with Gasteiger partial charge in [-0.2, -0.15) is 0 Å². The van der Waals surface area contributed by atoms with Gasteiger partial charge in [-0.15, -0.1) is 0 Å². The Morgan fingerprint density at radius 1 is 1.41 bits per heavy atom. The fraction of sp³-hybridized carbons (Fsp3) is 0.917. The normalized spacial score (nSPS) is 18.1. The summed E-state index contributed by atoms with van der Waals surface area (Å²) in [5.41, 5.74) is 2.65. The molecule has 1 aliphatic carbocycles. The van der Waals surface area contributed by atoms with E-state index < -0.39 is 0 Å². The minimum Gasteiger partial charge on any atom is -0.353 e. The molecule has 0 aromatic rings. The summed E-state index contributed by atoms with van der Waals surface area (Å²) in [6.45, 7) is 6.09. The van der Waals surface area contributed by atoms with Crippen molar-refractivity contribution in [1.29, 1.82) is 0 Å². The SMILES string of the molecule is CC(C)N(C)CCN=C(NN)NC1CCCC1. The minimum absolute atomic E-state index is 0.549. The maximum Gasteiger partial charge on any atom is 0.205 e. The van der Waals surface area contributed by atoms with E-state index in [-0.39, 0.29) is 0 Å². The van der Waals surface area contributed by atoms with Crippen molar-refractivity contribution in [3.05, 3.63) is 0 Å². The molecule has 0 radical (unpaired) electrons. The van der Waals surface area contributed by atoms with E-state index in [4.69, 9.17) is 5.84 Å². The van der Waals surface area contributed by atoms with Gasteiger partial charge in [0.05, 0.1) is 6.54 Å². The number of rotatable bonds is 5. The maximum absolute atomic E-state index is 5.47. The van der Waals surface area contributed by atoms with E-state index in [1.807, 2.05) is 0 Å². The van der Waals surface area contributed by atoms with Crippen molar-refractivity contribution in [3.63, 3.8) is 0 Å². The molecule has 4 N–H and O–H groups in total. The third-order valence-corrected chi connectivity index (χ3v) is 3.44. The number of aliphatic imine (C=N–C) groups is 1. The second-order valence-corrected chi connectivity index (χ2v) is 5.07. The largest absolute Gasteiger partial charge is 0.353 e. The van der Waals surface area contributed by atoms with Gasteiger partial charge in [-0.05, 0) is 33.7 Å². The van der Waals surface area contributed by atoms with E-state index in [1.165, 1.54) is 25.7 Å². The van der Waals surface area contributed by atoms with E-state index in [0.717, 1.165) is 19.0 Å². The molecule has 1 fully saturated rings. The smallest absolute Gasteiger partial charge is 0.205 e. The minimum atomic E-state index is 0.549. The van der Waals surface area contributed by atoms with E-state index in [2.05, 4.69) is 41.5 Å². The van der Waals surface area contributed by atoms with E-state index >= 15 is 0 Å². The van der Waals surface area contributed by atoms with Crippen molar-refractivity contribution in [2.24, 2.45) is 10.8 Å². The Hall–Kier alpha value is -0.810. The molecule has 0 heterocycles. The molecular formula is C12H27N5. The number of hydrogen-bond donors (Lipinski definition) is 3. The zero-order valence-electron chi connectivity index (χ0n) is 11.4. The lowest BCUT2D eigenvalue weighted by Gasteiger charge is -2.20. The lowest BCUT2D eigenvalue weighted by molar-refractivity contribution is 0.282. The van der Waals surface area contributed by atoms with Crippen LogP contribution in [0.1, 0.15) is 39.5 Å². The van der Waals surface area contributed by atoms with E-state index in [9.17, 15) is 0 Å². The standard InChI is InChI=1S/C12H27N5/c1-10(2)17(3)9-8-14-12(16-13)15-11-6-4-5-7-11/h10-11H,4-9,13H2,1-3H3,(H2,14,15,16). The summed E-state index contributed by atoms with van der Waals surface area (Å²) in [4.78, 5) is 6.73. The van der Waals surface area contributed by atoms with Crippen LogP contribution in [0.3, 0.4) is 0 Å². The molecule has 1 saturated carbocycles. The highest BCUT2D eigenvalue weighted by Gasteiger charge is 2.15. The Kier molecular flexibility index (Phi) is 6.29. The molecule has 100 valence electrons. The van der Waals surface area contributed by atoms with Crippen LogP contribution in [0.4, 0.5) is 0 Å². The Balaban J connectivity index is 2.28. The lowest BCUT2D eigenvalue weighted by Crippen LogP contribution is -2.46. The highest BCUT2D eigenvalue weighted by molar-refractivity contribution is 5.79. The number of nitrogens with zero attached hydrogens (tertiary/aromatic N) is 2. The molecular weight excluding hydrogens is 214 g/mol.